The molecule has 0 unspecified atom stereocenters. The molecule has 5 heteroatoms. The highest BCUT2D eigenvalue weighted by Crippen LogP contribution is 2.34. The highest BCUT2D eigenvalue weighted by Gasteiger charge is 2.39. The normalized spacial score (nSPS) is 20.7. The summed E-state index contributed by atoms with van der Waals surface area (Å²) in [6, 6.07) is 0. The lowest BCUT2D eigenvalue weighted by Gasteiger charge is -2.39. The van der Waals surface area contributed by atoms with Crippen LogP contribution in [0.3, 0.4) is 0 Å². The van der Waals surface area contributed by atoms with Crippen molar-refractivity contribution < 1.29 is 14.7 Å². The fourth-order valence-electron chi connectivity index (χ4n) is 2.28. The van der Waals surface area contributed by atoms with Gasteiger partial charge >= 0.3 is 0 Å². The van der Waals surface area contributed by atoms with E-state index in [-0.39, 0.29) is 11.3 Å². The maximum atomic E-state index is 11.6. The van der Waals surface area contributed by atoms with Crippen molar-refractivity contribution in [1.82, 2.24) is 10.4 Å². The third-order valence-corrected chi connectivity index (χ3v) is 3.68. The number of hydrogen-bond donors (Lipinski definition) is 2. The van der Waals surface area contributed by atoms with E-state index in [1.807, 2.05) is 6.92 Å². The van der Waals surface area contributed by atoms with Gasteiger partial charge in [-0.15, -0.1) is 0 Å². The number of hydrogen-bond acceptors (Lipinski definition) is 4. The minimum Gasteiger partial charge on any atom is -0.383 e. The number of carbonyl (C=O) groups is 1. The zero-order chi connectivity index (χ0) is 12.0. The lowest BCUT2D eigenvalue weighted by Crippen LogP contribution is -2.48. The van der Waals surface area contributed by atoms with Crippen molar-refractivity contribution in [2.24, 2.45) is 5.41 Å². The Bertz CT molecular complexity index is 225. The number of carbonyl (C=O) groups excluding carboxylic acids is 1. The molecule has 0 bridgehead atoms. The average Bonchev–Trinajstić information content (AvgIpc) is 2.36. The van der Waals surface area contributed by atoms with Crippen LogP contribution < -0.4 is 5.48 Å². The number of nitrogens with zero attached hydrogens (tertiary/aromatic N) is 1. The van der Waals surface area contributed by atoms with Crippen LogP contribution in [0.1, 0.15) is 26.2 Å². The van der Waals surface area contributed by atoms with E-state index in [1.54, 1.807) is 12.6 Å². The summed E-state index contributed by atoms with van der Waals surface area (Å²) in [7, 11) is 1.69. The first-order chi connectivity index (χ1) is 7.68. The second kappa shape index (κ2) is 6.18. The predicted molar refractivity (Wildman–Crippen MR) is 60.2 cm³/mol. The van der Waals surface area contributed by atoms with Gasteiger partial charge in [0.1, 0.15) is 0 Å². The second-order valence-corrected chi connectivity index (χ2v) is 4.41. The standard InChI is InChI=1S/C11H22N2O3/c1-3-11(10(14)12-15)4-6-13(7-5-11)8-9-16-2/h15H,3-9H2,1-2H3,(H,12,14). The zero-order valence-corrected chi connectivity index (χ0v) is 10.2. The topological polar surface area (TPSA) is 61.8 Å². The second-order valence-electron chi connectivity index (χ2n) is 4.41. The Kier molecular flexibility index (Phi) is 5.18. The smallest absolute Gasteiger partial charge is 0.249 e. The van der Waals surface area contributed by atoms with Gasteiger partial charge in [-0.2, -0.15) is 0 Å². The number of hydroxylamine groups is 1. The van der Waals surface area contributed by atoms with E-state index in [1.165, 1.54) is 0 Å². The summed E-state index contributed by atoms with van der Waals surface area (Å²) in [6.45, 7) is 5.43. The van der Waals surface area contributed by atoms with Gasteiger partial charge in [0, 0.05) is 13.7 Å². The summed E-state index contributed by atoms with van der Waals surface area (Å²) in [4.78, 5) is 13.9. The van der Waals surface area contributed by atoms with Crippen LogP contribution in [0.4, 0.5) is 0 Å². The average molecular weight is 230 g/mol. The Labute approximate surface area is 96.7 Å². The van der Waals surface area contributed by atoms with Gasteiger partial charge in [0.25, 0.3) is 0 Å². The van der Waals surface area contributed by atoms with Crippen molar-refractivity contribution in [2.45, 2.75) is 26.2 Å². The van der Waals surface area contributed by atoms with Crippen molar-refractivity contribution in [3.63, 3.8) is 0 Å². The molecule has 1 fully saturated rings. The van der Waals surface area contributed by atoms with Gasteiger partial charge in [-0.1, -0.05) is 6.92 Å². The van der Waals surface area contributed by atoms with Gasteiger partial charge in [-0.25, -0.2) is 5.48 Å². The molecule has 16 heavy (non-hydrogen) atoms. The molecule has 0 aromatic heterocycles. The van der Waals surface area contributed by atoms with E-state index < -0.39 is 0 Å². The number of amides is 1. The first-order valence-electron chi connectivity index (χ1n) is 5.84. The Morgan fingerprint density at radius 2 is 2.12 bits per heavy atom. The number of ether oxygens (including phenoxy) is 1. The minimum atomic E-state index is -0.377. The first-order valence-corrected chi connectivity index (χ1v) is 5.84. The Morgan fingerprint density at radius 3 is 2.56 bits per heavy atom. The van der Waals surface area contributed by atoms with Crippen LogP contribution in [0, 0.1) is 5.41 Å². The molecule has 94 valence electrons. The van der Waals surface area contributed by atoms with Crippen LogP contribution in [0.2, 0.25) is 0 Å². The molecule has 5 nitrogen and oxygen atoms in total. The molecule has 0 aliphatic carbocycles. The highest BCUT2D eigenvalue weighted by atomic mass is 16.5. The number of methoxy groups -OCH3 is 1. The number of rotatable bonds is 5. The van der Waals surface area contributed by atoms with Crippen LogP contribution >= 0.6 is 0 Å². The monoisotopic (exact) mass is 230 g/mol. The van der Waals surface area contributed by atoms with E-state index in [2.05, 4.69) is 4.90 Å². The molecule has 0 radical (unpaired) electrons. The summed E-state index contributed by atoms with van der Waals surface area (Å²) in [5, 5.41) is 8.76. The molecule has 1 rings (SSSR count). The number of likely N-dealkylation sites (tertiary alicyclic amines) is 1. The quantitative estimate of drug-likeness (QED) is 0.537. The molecule has 0 aromatic carbocycles. The third-order valence-electron chi connectivity index (χ3n) is 3.68. The van der Waals surface area contributed by atoms with Crippen LogP contribution in [-0.4, -0.2) is 49.4 Å². The molecule has 1 heterocycles. The molecule has 1 aliphatic rings. The van der Waals surface area contributed by atoms with Gasteiger partial charge in [-0.3, -0.25) is 10.0 Å². The molecule has 0 aromatic rings. The maximum absolute atomic E-state index is 11.6. The molecule has 0 spiro atoms. The van der Waals surface area contributed by atoms with Crippen LogP contribution in [0.5, 0.6) is 0 Å². The van der Waals surface area contributed by atoms with Crippen LogP contribution in [0.15, 0.2) is 0 Å². The van der Waals surface area contributed by atoms with Crippen molar-refractivity contribution >= 4 is 5.91 Å². The molecule has 0 saturated carbocycles. The summed E-state index contributed by atoms with van der Waals surface area (Å²) >= 11 is 0. The Hall–Kier alpha value is -0.650. The third kappa shape index (κ3) is 2.93. The van der Waals surface area contributed by atoms with Crippen LogP contribution in [0.25, 0.3) is 0 Å². The highest BCUT2D eigenvalue weighted by molar-refractivity contribution is 5.81. The molecule has 1 amide bonds. The molecular formula is C11H22N2O3. The van der Waals surface area contributed by atoms with Crippen molar-refractivity contribution in [3.05, 3.63) is 0 Å². The number of nitrogens with one attached hydrogen (secondary N) is 1. The molecule has 1 aliphatic heterocycles. The summed E-state index contributed by atoms with van der Waals surface area (Å²) in [5.74, 6) is -0.235. The van der Waals surface area contributed by atoms with Gasteiger partial charge < -0.3 is 9.64 Å². The van der Waals surface area contributed by atoms with Gasteiger partial charge in [0.15, 0.2) is 0 Å². The fraction of sp³-hybridized carbons (Fsp3) is 0.909. The Morgan fingerprint density at radius 1 is 1.50 bits per heavy atom. The Balaban J connectivity index is 2.47. The minimum absolute atomic E-state index is 0.235. The largest absolute Gasteiger partial charge is 0.383 e. The van der Waals surface area contributed by atoms with E-state index in [4.69, 9.17) is 9.94 Å². The summed E-state index contributed by atoms with van der Waals surface area (Å²) < 4.78 is 5.03. The van der Waals surface area contributed by atoms with Crippen molar-refractivity contribution in [1.29, 1.82) is 0 Å². The van der Waals surface area contributed by atoms with Gasteiger partial charge in [-0.05, 0) is 32.4 Å². The lowest BCUT2D eigenvalue weighted by atomic mass is 9.75. The van der Waals surface area contributed by atoms with Gasteiger partial charge in [0.05, 0.1) is 12.0 Å². The van der Waals surface area contributed by atoms with Crippen molar-refractivity contribution in [2.75, 3.05) is 33.4 Å². The first kappa shape index (κ1) is 13.4. The van der Waals surface area contributed by atoms with E-state index in [9.17, 15) is 4.79 Å². The van der Waals surface area contributed by atoms with Crippen LogP contribution in [-0.2, 0) is 9.53 Å². The molecular weight excluding hydrogens is 208 g/mol. The lowest BCUT2D eigenvalue weighted by molar-refractivity contribution is -0.143. The van der Waals surface area contributed by atoms with E-state index in [0.29, 0.717) is 0 Å². The number of piperidine rings is 1. The summed E-state index contributed by atoms with van der Waals surface area (Å²) in [6.07, 6.45) is 2.39. The van der Waals surface area contributed by atoms with Crippen molar-refractivity contribution in [3.8, 4) is 0 Å². The molecule has 0 atom stereocenters. The molecule has 2 N–H and O–H groups in total. The zero-order valence-electron chi connectivity index (χ0n) is 10.2. The summed E-state index contributed by atoms with van der Waals surface area (Å²) in [5.41, 5.74) is 1.43. The SMILES string of the molecule is CCC1(C(=O)NO)CCN(CCOC)CC1. The molecule has 1 saturated heterocycles. The maximum Gasteiger partial charge on any atom is 0.249 e. The van der Waals surface area contributed by atoms with E-state index >= 15 is 0 Å². The van der Waals surface area contributed by atoms with E-state index in [0.717, 1.165) is 45.5 Å². The van der Waals surface area contributed by atoms with Gasteiger partial charge in [0.2, 0.25) is 5.91 Å². The fourth-order valence-corrected chi connectivity index (χ4v) is 2.28. The predicted octanol–water partition coefficient (Wildman–Crippen LogP) is 0.630.